The van der Waals surface area contributed by atoms with Crippen LogP contribution in [-0.2, 0) is 16.4 Å². The standard InChI is InChI=1S/C14H20N4O4S.HI/c1-2-15-14(17-12-7-8-23(21,22)10-12)16-9-11-5-3-4-6-13(11)18(19)20;/h3-6,12H,2,7-10H2,1H3,(H2,15,16,17);1H. The topological polar surface area (TPSA) is 114 Å². The van der Waals surface area contributed by atoms with E-state index in [1.54, 1.807) is 18.2 Å². The van der Waals surface area contributed by atoms with Gasteiger partial charge in [0.15, 0.2) is 15.8 Å². The summed E-state index contributed by atoms with van der Waals surface area (Å²) in [6, 6.07) is 6.25. The molecule has 2 rings (SSSR count). The maximum absolute atomic E-state index is 11.5. The van der Waals surface area contributed by atoms with Crippen LogP contribution in [0.15, 0.2) is 29.3 Å². The molecule has 8 nitrogen and oxygen atoms in total. The van der Waals surface area contributed by atoms with Crippen LogP contribution < -0.4 is 10.6 Å². The fourth-order valence-electron chi connectivity index (χ4n) is 2.41. The number of aliphatic imine (C=N–C) groups is 1. The number of nitrogens with one attached hydrogen (secondary N) is 2. The molecule has 0 aromatic heterocycles. The number of halogens is 1. The van der Waals surface area contributed by atoms with Crippen molar-refractivity contribution < 1.29 is 13.3 Å². The van der Waals surface area contributed by atoms with Gasteiger partial charge in [0.1, 0.15) is 0 Å². The molecule has 1 fully saturated rings. The van der Waals surface area contributed by atoms with Crippen LogP contribution in [0.2, 0.25) is 0 Å². The van der Waals surface area contributed by atoms with Gasteiger partial charge in [-0.15, -0.1) is 24.0 Å². The molecule has 1 aliphatic rings. The maximum atomic E-state index is 11.5. The van der Waals surface area contributed by atoms with Crippen molar-refractivity contribution in [1.29, 1.82) is 0 Å². The van der Waals surface area contributed by atoms with Crippen molar-refractivity contribution in [2.24, 2.45) is 4.99 Å². The highest BCUT2D eigenvalue weighted by Gasteiger charge is 2.28. The molecule has 1 unspecified atom stereocenters. The number of benzene rings is 1. The molecule has 0 amide bonds. The SMILES string of the molecule is CCNC(=NCc1ccccc1[N+](=O)[O-])NC1CCS(=O)(=O)C1.I. The Balaban J connectivity index is 0.00000288. The van der Waals surface area contributed by atoms with Crippen LogP contribution in [0.1, 0.15) is 18.9 Å². The largest absolute Gasteiger partial charge is 0.357 e. The zero-order chi connectivity index (χ0) is 16.9. The number of nitrogens with zero attached hydrogens (tertiary/aromatic N) is 2. The number of sulfone groups is 1. The Morgan fingerprint density at radius 1 is 1.42 bits per heavy atom. The van der Waals surface area contributed by atoms with Gasteiger partial charge in [-0.3, -0.25) is 10.1 Å². The molecule has 0 radical (unpaired) electrons. The fraction of sp³-hybridized carbons (Fsp3) is 0.500. The Morgan fingerprint density at radius 3 is 2.71 bits per heavy atom. The summed E-state index contributed by atoms with van der Waals surface area (Å²) in [4.78, 5) is 14.9. The van der Waals surface area contributed by atoms with Crippen molar-refractivity contribution in [1.82, 2.24) is 10.6 Å². The monoisotopic (exact) mass is 468 g/mol. The van der Waals surface area contributed by atoms with Gasteiger partial charge in [-0.25, -0.2) is 13.4 Å². The van der Waals surface area contributed by atoms with Crippen molar-refractivity contribution in [3.8, 4) is 0 Å². The Hall–Kier alpha value is -1.43. The molecule has 2 N–H and O–H groups in total. The average molecular weight is 468 g/mol. The van der Waals surface area contributed by atoms with Gasteiger partial charge in [-0.2, -0.15) is 0 Å². The zero-order valence-corrected chi connectivity index (χ0v) is 16.4. The molecule has 1 aromatic rings. The van der Waals surface area contributed by atoms with Crippen molar-refractivity contribution in [3.05, 3.63) is 39.9 Å². The molecule has 10 heteroatoms. The molecule has 24 heavy (non-hydrogen) atoms. The minimum absolute atomic E-state index is 0. The molecule has 0 saturated carbocycles. The van der Waals surface area contributed by atoms with Crippen LogP contribution in [0.5, 0.6) is 0 Å². The Kier molecular flexibility index (Phi) is 7.87. The highest BCUT2D eigenvalue weighted by atomic mass is 127. The smallest absolute Gasteiger partial charge is 0.274 e. The van der Waals surface area contributed by atoms with E-state index in [1.165, 1.54) is 6.07 Å². The summed E-state index contributed by atoms with van der Waals surface area (Å²) in [6.07, 6.45) is 0.540. The zero-order valence-electron chi connectivity index (χ0n) is 13.3. The second-order valence-electron chi connectivity index (χ2n) is 5.33. The molecule has 1 aliphatic heterocycles. The van der Waals surface area contributed by atoms with Gasteiger partial charge in [0, 0.05) is 18.7 Å². The molecular weight excluding hydrogens is 447 g/mol. The van der Waals surface area contributed by atoms with Gasteiger partial charge in [-0.1, -0.05) is 18.2 Å². The van der Waals surface area contributed by atoms with Crippen molar-refractivity contribution in [2.45, 2.75) is 25.9 Å². The van der Waals surface area contributed by atoms with Gasteiger partial charge in [0.25, 0.3) is 5.69 Å². The van der Waals surface area contributed by atoms with E-state index in [4.69, 9.17) is 0 Å². The highest BCUT2D eigenvalue weighted by molar-refractivity contribution is 14.0. The molecule has 1 atom stereocenters. The lowest BCUT2D eigenvalue weighted by Gasteiger charge is -2.15. The second-order valence-corrected chi connectivity index (χ2v) is 7.55. The quantitative estimate of drug-likeness (QED) is 0.222. The number of nitro benzene ring substituents is 1. The molecule has 0 bridgehead atoms. The molecule has 1 saturated heterocycles. The summed E-state index contributed by atoms with van der Waals surface area (Å²) in [5.41, 5.74) is 0.532. The van der Waals surface area contributed by atoms with E-state index < -0.39 is 14.8 Å². The summed E-state index contributed by atoms with van der Waals surface area (Å²) in [5.74, 6) is 0.727. The van der Waals surface area contributed by atoms with Gasteiger partial charge < -0.3 is 10.6 Å². The Morgan fingerprint density at radius 2 is 2.12 bits per heavy atom. The van der Waals surface area contributed by atoms with Crippen molar-refractivity contribution >= 4 is 45.5 Å². The minimum Gasteiger partial charge on any atom is -0.357 e. The predicted molar refractivity (Wildman–Crippen MR) is 104 cm³/mol. The average Bonchev–Trinajstić information content (AvgIpc) is 2.84. The third-order valence-corrected chi connectivity index (χ3v) is 5.28. The van der Waals surface area contributed by atoms with Gasteiger partial charge >= 0.3 is 0 Å². The molecule has 0 aliphatic carbocycles. The normalized spacial score (nSPS) is 19.4. The number of nitro groups is 1. The molecule has 1 heterocycles. The van der Waals surface area contributed by atoms with E-state index in [2.05, 4.69) is 15.6 Å². The van der Waals surface area contributed by atoms with Crippen LogP contribution in [0.3, 0.4) is 0 Å². The minimum atomic E-state index is -2.98. The third-order valence-electron chi connectivity index (χ3n) is 3.51. The fourth-order valence-corrected chi connectivity index (χ4v) is 4.08. The predicted octanol–water partition coefficient (Wildman–Crippen LogP) is 1.46. The molecule has 0 spiro atoms. The number of hydrogen-bond acceptors (Lipinski definition) is 5. The number of hydrogen-bond donors (Lipinski definition) is 2. The lowest BCUT2D eigenvalue weighted by Crippen LogP contribution is -2.44. The van der Waals surface area contributed by atoms with Crippen molar-refractivity contribution in [2.75, 3.05) is 18.1 Å². The summed E-state index contributed by atoms with van der Waals surface area (Å²) >= 11 is 0. The first kappa shape index (κ1) is 20.6. The van der Waals surface area contributed by atoms with Crippen LogP contribution in [0, 0.1) is 10.1 Å². The van der Waals surface area contributed by atoms with Crippen LogP contribution in [0.25, 0.3) is 0 Å². The lowest BCUT2D eigenvalue weighted by atomic mass is 10.2. The Bertz CT molecular complexity index is 708. The second kappa shape index (κ2) is 9.16. The van der Waals surface area contributed by atoms with E-state index in [-0.39, 0.29) is 53.8 Å². The first-order valence-corrected chi connectivity index (χ1v) is 9.21. The third kappa shape index (κ3) is 5.89. The number of para-hydroxylation sites is 1. The van der Waals surface area contributed by atoms with E-state index in [0.717, 1.165) is 0 Å². The first-order valence-electron chi connectivity index (χ1n) is 7.39. The maximum Gasteiger partial charge on any atom is 0.274 e. The summed E-state index contributed by atoms with van der Waals surface area (Å²) in [7, 11) is -2.98. The highest BCUT2D eigenvalue weighted by Crippen LogP contribution is 2.18. The summed E-state index contributed by atoms with van der Waals surface area (Å²) < 4.78 is 23.0. The number of guanidine groups is 1. The molecule has 134 valence electrons. The van der Waals surface area contributed by atoms with Crippen molar-refractivity contribution in [3.63, 3.8) is 0 Å². The van der Waals surface area contributed by atoms with Gasteiger partial charge in [0.2, 0.25) is 0 Å². The van der Waals surface area contributed by atoms with Gasteiger partial charge in [-0.05, 0) is 13.3 Å². The van der Waals surface area contributed by atoms with Crippen LogP contribution in [0.4, 0.5) is 5.69 Å². The van der Waals surface area contributed by atoms with Crippen LogP contribution >= 0.6 is 24.0 Å². The van der Waals surface area contributed by atoms with Crippen LogP contribution in [-0.4, -0.2) is 43.4 Å². The summed E-state index contributed by atoms with van der Waals surface area (Å²) in [6.45, 7) is 2.65. The van der Waals surface area contributed by atoms with E-state index >= 15 is 0 Å². The molecule has 1 aromatic carbocycles. The first-order chi connectivity index (χ1) is 10.9. The van der Waals surface area contributed by atoms with Gasteiger partial charge in [0.05, 0.1) is 28.5 Å². The lowest BCUT2D eigenvalue weighted by molar-refractivity contribution is -0.385. The Labute approximate surface area is 158 Å². The summed E-state index contributed by atoms with van der Waals surface area (Å²) in [5, 5.41) is 17.1. The molecular formula is C14H21IN4O4S. The number of rotatable bonds is 5. The van der Waals surface area contributed by atoms with E-state index in [9.17, 15) is 18.5 Å². The van der Waals surface area contributed by atoms with E-state index in [1.807, 2.05) is 6.92 Å². The van der Waals surface area contributed by atoms with E-state index in [0.29, 0.717) is 24.5 Å².